The molecule has 4 heterocycles. The molecule has 2 unspecified atom stereocenters. The average Bonchev–Trinajstić information content (AvgIpc) is 3.76. The zero-order valence-corrected chi connectivity index (χ0v) is 38.5. The maximum absolute atomic E-state index is 14.0. The molecule has 6 rings (SSSR count). The number of hydrogen-bond donors (Lipinski definition) is 2. The van der Waals surface area contributed by atoms with E-state index in [0.29, 0.717) is 28.6 Å². The topological polar surface area (TPSA) is 139 Å². The van der Waals surface area contributed by atoms with Crippen LogP contribution < -0.4 is 20.9 Å². The Hall–Kier alpha value is -6.09. The second-order valence-corrected chi connectivity index (χ2v) is 17.7. The van der Waals surface area contributed by atoms with E-state index in [4.69, 9.17) is 20.9 Å². The summed E-state index contributed by atoms with van der Waals surface area (Å²) in [5, 5.41) is 0. The van der Waals surface area contributed by atoms with E-state index in [0.717, 1.165) is 18.2 Å². The number of hydrogen-bond acceptors (Lipinski definition) is 8. The van der Waals surface area contributed by atoms with Gasteiger partial charge in [-0.05, 0) is 115 Å². The number of fused-ring (bicyclic) bond motifs is 2. The van der Waals surface area contributed by atoms with Gasteiger partial charge < -0.3 is 20.9 Å². The fraction of sp³-hybridized carbons (Fsp3) is 0.417. The van der Waals surface area contributed by atoms with Gasteiger partial charge in [0, 0.05) is 49.2 Å². The van der Waals surface area contributed by atoms with Gasteiger partial charge in [-0.1, -0.05) is 6.07 Å². The molecule has 2 atom stereocenters. The van der Waals surface area contributed by atoms with E-state index in [2.05, 4.69) is 9.97 Å². The van der Waals surface area contributed by atoms with Gasteiger partial charge in [0.05, 0.1) is 22.5 Å². The number of carbonyl (C=O) groups is 2. The van der Waals surface area contributed by atoms with Crippen molar-refractivity contribution in [1.82, 2.24) is 18.8 Å². The molecule has 4 N–H and O–H groups in total. The summed E-state index contributed by atoms with van der Waals surface area (Å²) >= 11 is 0. The van der Waals surface area contributed by atoms with Gasteiger partial charge in [-0.25, -0.2) is 31.9 Å². The molecule has 374 valence electrons. The first kappa shape index (κ1) is 53.9. The summed E-state index contributed by atoms with van der Waals surface area (Å²) in [6.07, 6.45) is -8.13. The number of ketones is 2. The highest BCUT2D eigenvalue weighted by Gasteiger charge is 2.34. The van der Waals surface area contributed by atoms with Crippen molar-refractivity contribution in [1.29, 1.82) is 0 Å². The molecule has 10 nitrogen and oxygen atoms in total. The summed E-state index contributed by atoms with van der Waals surface area (Å²) in [5.74, 6) is -5.39. The lowest BCUT2D eigenvalue weighted by Crippen LogP contribution is -2.38. The number of benzene rings is 2. The SMILES string of the molecule is Cc1cc(OCc2c(F)ccc(F)c2F)c2nc(C)c(C(=O)CCC(C)(N)CCC(F)(F)F)n2c1.Cc1cc(OCc2c(F)cccc2F)c2nc(C)c(C(=O)CCC(C)(N)CCC(F)(F)F)n2c1. The Kier molecular flexibility index (Phi) is 16.6. The van der Waals surface area contributed by atoms with Crippen molar-refractivity contribution in [2.24, 2.45) is 11.5 Å². The predicted octanol–water partition coefficient (Wildman–Crippen LogP) is 11.8. The number of imidazole rings is 2. The van der Waals surface area contributed by atoms with Crippen LogP contribution in [-0.4, -0.2) is 53.8 Å². The summed E-state index contributed by atoms with van der Waals surface area (Å²) in [7, 11) is 0. The second-order valence-electron chi connectivity index (χ2n) is 17.7. The van der Waals surface area contributed by atoms with E-state index in [9.17, 15) is 57.9 Å². The molecule has 6 aromatic rings. The molecule has 2 aromatic carbocycles. The van der Waals surface area contributed by atoms with Gasteiger partial charge >= 0.3 is 12.4 Å². The van der Waals surface area contributed by atoms with Crippen LogP contribution in [0.3, 0.4) is 0 Å². The molecule has 0 saturated heterocycles. The third kappa shape index (κ3) is 14.2. The quantitative estimate of drug-likeness (QED) is 0.0493. The van der Waals surface area contributed by atoms with Gasteiger partial charge in [0.2, 0.25) is 0 Å². The van der Waals surface area contributed by atoms with Crippen LogP contribution in [0.4, 0.5) is 48.3 Å². The van der Waals surface area contributed by atoms with E-state index < -0.39 is 77.5 Å². The molecule has 21 heteroatoms. The Morgan fingerprint density at radius 1 is 0.565 bits per heavy atom. The van der Waals surface area contributed by atoms with Crippen LogP contribution in [0, 0.1) is 56.8 Å². The molecule has 0 aliphatic carbocycles. The van der Waals surface area contributed by atoms with Crippen LogP contribution >= 0.6 is 0 Å². The number of nitrogens with zero attached hydrogens (tertiary/aromatic N) is 4. The van der Waals surface area contributed by atoms with Gasteiger partial charge in [0.25, 0.3) is 0 Å². The zero-order valence-electron chi connectivity index (χ0n) is 38.5. The van der Waals surface area contributed by atoms with Gasteiger partial charge in [-0.2, -0.15) is 26.3 Å². The standard InChI is InChI=1S/C24H25F6N3O2.C24H26F5N3O2/c1-13-10-19(35-12-15-16(25)4-5-17(26)20(15)27)22-32-14(2)21(33(22)11-13)18(34)6-7-23(3,31)8-9-24(28,29)30;1-14-11-20(34-13-16-17(25)5-4-6-18(16)26)22-31-15(2)21(32(22)12-14)19(33)7-8-23(3,30)9-10-24(27,28)29/h4-5,10-11H,6-9,12,31H2,1-3H3;4-6,11-12H,7-10,13,30H2,1-3H3. The summed E-state index contributed by atoms with van der Waals surface area (Å²) < 4.78 is 159. The zero-order chi connectivity index (χ0) is 51.4. The lowest BCUT2D eigenvalue weighted by Gasteiger charge is -2.25. The number of alkyl halides is 6. The summed E-state index contributed by atoms with van der Waals surface area (Å²) in [5.41, 5.74) is 11.8. The molecule has 4 aromatic heterocycles. The fourth-order valence-corrected chi connectivity index (χ4v) is 7.41. The van der Waals surface area contributed by atoms with E-state index in [1.807, 2.05) is 0 Å². The van der Waals surface area contributed by atoms with Crippen LogP contribution in [0.25, 0.3) is 11.3 Å². The predicted molar refractivity (Wildman–Crippen MR) is 234 cm³/mol. The monoisotopic (exact) mass is 984 g/mol. The number of pyridine rings is 2. The minimum Gasteiger partial charge on any atom is -0.485 e. The number of Topliss-reactive ketones (excluding diaryl/α,β-unsaturated/α-hetero) is 2. The number of aryl methyl sites for hydroxylation is 4. The van der Waals surface area contributed by atoms with Gasteiger partial charge in [-0.3, -0.25) is 18.4 Å². The maximum Gasteiger partial charge on any atom is 0.389 e. The van der Waals surface area contributed by atoms with Gasteiger partial charge in [-0.15, -0.1) is 0 Å². The van der Waals surface area contributed by atoms with E-state index in [-0.39, 0.29) is 96.4 Å². The molecule has 0 radical (unpaired) electrons. The third-order valence-electron chi connectivity index (χ3n) is 11.3. The first-order valence-corrected chi connectivity index (χ1v) is 21.5. The lowest BCUT2D eigenvalue weighted by molar-refractivity contribution is -0.138. The summed E-state index contributed by atoms with van der Waals surface area (Å²) in [4.78, 5) is 34.7. The number of ether oxygens (including phenoxy) is 2. The minimum absolute atomic E-state index is 0.0296. The van der Waals surface area contributed by atoms with Crippen LogP contribution in [0.15, 0.2) is 54.9 Å². The number of aromatic nitrogens is 4. The molecule has 0 amide bonds. The van der Waals surface area contributed by atoms with Crippen molar-refractivity contribution in [2.75, 3.05) is 0 Å². The smallest absolute Gasteiger partial charge is 0.389 e. The number of nitrogens with two attached hydrogens (primary N) is 2. The average molecular weight is 985 g/mol. The Labute approximate surface area is 389 Å². The van der Waals surface area contributed by atoms with Crippen LogP contribution in [0.2, 0.25) is 0 Å². The molecule has 0 spiro atoms. The highest BCUT2D eigenvalue weighted by molar-refractivity contribution is 5.97. The maximum atomic E-state index is 14.0. The molecule has 69 heavy (non-hydrogen) atoms. The molecular weight excluding hydrogens is 934 g/mol. The number of rotatable bonds is 18. The molecule has 0 aliphatic heterocycles. The Morgan fingerprint density at radius 3 is 1.35 bits per heavy atom. The first-order chi connectivity index (χ1) is 32.0. The van der Waals surface area contributed by atoms with Crippen LogP contribution in [-0.2, 0) is 13.2 Å². The Morgan fingerprint density at radius 2 is 0.942 bits per heavy atom. The molecule has 0 saturated carbocycles. The largest absolute Gasteiger partial charge is 0.485 e. The molecule has 0 fully saturated rings. The second kappa shape index (κ2) is 21.3. The number of carbonyl (C=O) groups excluding carboxylic acids is 2. The van der Waals surface area contributed by atoms with Crippen LogP contribution in [0.1, 0.15) is 120 Å². The fourth-order valence-electron chi connectivity index (χ4n) is 7.41. The first-order valence-electron chi connectivity index (χ1n) is 21.5. The molecule has 0 bridgehead atoms. The van der Waals surface area contributed by atoms with Crippen LogP contribution in [0.5, 0.6) is 11.5 Å². The van der Waals surface area contributed by atoms with E-state index in [1.165, 1.54) is 28.7 Å². The van der Waals surface area contributed by atoms with Gasteiger partial charge in [0.1, 0.15) is 42.1 Å². The lowest BCUT2D eigenvalue weighted by atomic mass is 9.90. The van der Waals surface area contributed by atoms with Crippen molar-refractivity contribution in [2.45, 2.75) is 130 Å². The van der Waals surface area contributed by atoms with Crippen molar-refractivity contribution >= 4 is 22.9 Å². The van der Waals surface area contributed by atoms with Crippen molar-refractivity contribution in [3.05, 3.63) is 129 Å². The minimum atomic E-state index is -4.34. The van der Waals surface area contributed by atoms with Crippen molar-refractivity contribution < 1.29 is 67.4 Å². The highest BCUT2D eigenvalue weighted by Crippen LogP contribution is 2.32. The summed E-state index contributed by atoms with van der Waals surface area (Å²) in [6.45, 7) is 8.63. The van der Waals surface area contributed by atoms with Crippen molar-refractivity contribution in [3.63, 3.8) is 0 Å². The third-order valence-corrected chi connectivity index (χ3v) is 11.3. The Bertz CT molecular complexity index is 2810. The molecule has 0 aliphatic rings. The normalized spacial score (nSPS) is 13.8. The highest BCUT2D eigenvalue weighted by atomic mass is 19.4. The van der Waals surface area contributed by atoms with Crippen molar-refractivity contribution in [3.8, 4) is 11.5 Å². The Balaban J connectivity index is 0.000000258. The van der Waals surface area contributed by atoms with E-state index >= 15 is 0 Å². The van der Waals surface area contributed by atoms with E-state index in [1.54, 1.807) is 52.2 Å². The van der Waals surface area contributed by atoms with Gasteiger partial charge in [0.15, 0.2) is 46.0 Å². The molecular formula is C48H51F11N6O4. The summed E-state index contributed by atoms with van der Waals surface area (Å²) in [6, 6.07) is 8.17. The number of halogens is 11.